The van der Waals surface area contributed by atoms with Crippen LogP contribution in [0.1, 0.15) is 11.6 Å². The number of nitrogens with one attached hydrogen (secondary N) is 1. The lowest BCUT2D eigenvalue weighted by Gasteiger charge is -2.11. The Morgan fingerprint density at radius 1 is 1.73 bits per heavy atom. The summed E-state index contributed by atoms with van der Waals surface area (Å²) in [4.78, 5) is 4.00. The van der Waals surface area contributed by atoms with E-state index in [4.69, 9.17) is 11.6 Å². The highest BCUT2D eigenvalue weighted by Crippen LogP contribution is 2.11. The molecule has 0 aromatic carbocycles. The summed E-state index contributed by atoms with van der Waals surface area (Å²) in [6.45, 7) is 0. The summed E-state index contributed by atoms with van der Waals surface area (Å²) >= 11 is 5.71. The van der Waals surface area contributed by atoms with Gasteiger partial charge in [-0.3, -0.25) is 4.98 Å². The van der Waals surface area contributed by atoms with Crippen LogP contribution in [0.25, 0.3) is 0 Å². The Kier molecular flexibility index (Phi) is 3.33. The molecule has 0 aliphatic heterocycles. The average molecular weight is 171 g/mol. The molecule has 0 spiro atoms. The van der Waals surface area contributed by atoms with E-state index in [9.17, 15) is 0 Å². The van der Waals surface area contributed by atoms with E-state index in [0.29, 0.717) is 5.88 Å². The zero-order valence-electron chi connectivity index (χ0n) is 6.42. The van der Waals surface area contributed by atoms with E-state index in [2.05, 4.69) is 10.3 Å². The van der Waals surface area contributed by atoms with Gasteiger partial charge in [0.2, 0.25) is 0 Å². The Labute approximate surface area is 71.6 Å². The van der Waals surface area contributed by atoms with Crippen molar-refractivity contribution in [2.75, 3.05) is 12.9 Å². The van der Waals surface area contributed by atoms with Gasteiger partial charge in [0.15, 0.2) is 0 Å². The molecule has 1 N–H and O–H groups in total. The third kappa shape index (κ3) is 2.17. The first kappa shape index (κ1) is 8.50. The van der Waals surface area contributed by atoms with Crippen molar-refractivity contribution in [3.8, 4) is 0 Å². The molecule has 0 amide bonds. The van der Waals surface area contributed by atoms with Crippen molar-refractivity contribution in [3.05, 3.63) is 30.1 Å². The number of alkyl halides is 1. The van der Waals surface area contributed by atoms with Gasteiger partial charge in [0.25, 0.3) is 0 Å². The molecule has 0 saturated carbocycles. The second-order valence-corrected chi connectivity index (χ2v) is 2.59. The fourth-order valence-corrected chi connectivity index (χ4v) is 1.25. The number of aromatic nitrogens is 1. The lowest BCUT2D eigenvalue weighted by Crippen LogP contribution is -2.17. The molecule has 0 aliphatic carbocycles. The van der Waals surface area contributed by atoms with Crippen LogP contribution in [0.5, 0.6) is 0 Å². The third-order valence-electron chi connectivity index (χ3n) is 1.59. The van der Waals surface area contributed by atoms with E-state index in [1.807, 2.05) is 25.4 Å². The molecule has 0 fully saturated rings. The van der Waals surface area contributed by atoms with Gasteiger partial charge in [0.1, 0.15) is 0 Å². The molecular formula is C8H11ClN2. The number of nitrogens with zero attached hydrogens (tertiary/aromatic N) is 1. The number of hydrogen-bond donors (Lipinski definition) is 1. The number of rotatable bonds is 3. The molecule has 1 unspecified atom stereocenters. The van der Waals surface area contributed by atoms with E-state index in [1.165, 1.54) is 0 Å². The van der Waals surface area contributed by atoms with Gasteiger partial charge in [-0.05, 0) is 18.7 Å². The van der Waals surface area contributed by atoms with Gasteiger partial charge in [-0.25, -0.2) is 0 Å². The van der Waals surface area contributed by atoms with Crippen molar-refractivity contribution in [1.29, 1.82) is 0 Å². The average Bonchev–Trinajstić information content (AvgIpc) is 2.09. The van der Waals surface area contributed by atoms with E-state index in [0.717, 1.165) is 5.56 Å². The highest BCUT2D eigenvalue weighted by molar-refractivity contribution is 6.18. The Morgan fingerprint density at radius 3 is 3.00 bits per heavy atom. The molecule has 0 radical (unpaired) electrons. The molecule has 1 aromatic rings. The Balaban J connectivity index is 2.74. The monoisotopic (exact) mass is 170 g/mol. The minimum atomic E-state index is 0.213. The maximum Gasteiger partial charge on any atom is 0.0470 e. The van der Waals surface area contributed by atoms with Crippen molar-refractivity contribution >= 4 is 11.6 Å². The standard InChI is InChI=1S/C8H11ClN2/c1-10-8(5-9)7-3-2-4-11-6-7/h2-4,6,8,10H,5H2,1H3. The first-order valence-electron chi connectivity index (χ1n) is 3.51. The number of pyridine rings is 1. The summed E-state index contributed by atoms with van der Waals surface area (Å²) in [6, 6.07) is 4.13. The van der Waals surface area contributed by atoms with Gasteiger partial charge >= 0.3 is 0 Å². The lowest BCUT2D eigenvalue weighted by molar-refractivity contribution is 0.656. The van der Waals surface area contributed by atoms with Crippen molar-refractivity contribution < 1.29 is 0 Å². The summed E-state index contributed by atoms with van der Waals surface area (Å²) in [5.41, 5.74) is 1.13. The zero-order chi connectivity index (χ0) is 8.10. The highest BCUT2D eigenvalue weighted by atomic mass is 35.5. The SMILES string of the molecule is CNC(CCl)c1cccnc1. The molecule has 0 saturated heterocycles. The molecular weight excluding hydrogens is 160 g/mol. The van der Waals surface area contributed by atoms with Crippen LogP contribution in [-0.4, -0.2) is 17.9 Å². The molecule has 60 valence electrons. The second-order valence-electron chi connectivity index (χ2n) is 2.28. The van der Waals surface area contributed by atoms with E-state index < -0.39 is 0 Å². The quantitative estimate of drug-likeness (QED) is 0.697. The van der Waals surface area contributed by atoms with Gasteiger partial charge in [0, 0.05) is 24.3 Å². The number of halogens is 1. The molecule has 1 atom stereocenters. The fourth-order valence-electron chi connectivity index (χ4n) is 0.915. The Hall–Kier alpha value is -0.600. The largest absolute Gasteiger partial charge is 0.312 e. The van der Waals surface area contributed by atoms with E-state index >= 15 is 0 Å². The molecule has 0 bridgehead atoms. The van der Waals surface area contributed by atoms with E-state index in [1.54, 1.807) is 6.20 Å². The van der Waals surface area contributed by atoms with Crippen LogP contribution in [-0.2, 0) is 0 Å². The van der Waals surface area contributed by atoms with Crippen LogP contribution < -0.4 is 5.32 Å². The van der Waals surface area contributed by atoms with Crippen LogP contribution >= 0.6 is 11.6 Å². The predicted octanol–water partition coefficient (Wildman–Crippen LogP) is 1.58. The van der Waals surface area contributed by atoms with Crippen LogP contribution in [0.2, 0.25) is 0 Å². The summed E-state index contributed by atoms with van der Waals surface area (Å²) in [6.07, 6.45) is 3.58. The summed E-state index contributed by atoms with van der Waals surface area (Å²) < 4.78 is 0. The second kappa shape index (κ2) is 4.31. The fraction of sp³-hybridized carbons (Fsp3) is 0.375. The molecule has 11 heavy (non-hydrogen) atoms. The van der Waals surface area contributed by atoms with E-state index in [-0.39, 0.29) is 6.04 Å². The number of hydrogen-bond acceptors (Lipinski definition) is 2. The van der Waals surface area contributed by atoms with Gasteiger partial charge in [0.05, 0.1) is 0 Å². The van der Waals surface area contributed by atoms with Gasteiger partial charge < -0.3 is 5.32 Å². The molecule has 0 aliphatic rings. The van der Waals surface area contributed by atoms with Gasteiger partial charge in [-0.15, -0.1) is 11.6 Å². The summed E-state index contributed by atoms with van der Waals surface area (Å²) in [5, 5.41) is 3.10. The molecule has 3 heteroatoms. The minimum Gasteiger partial charge on any atom is -0.312 e. The predicted molar refractivity (Wildman–Crippen MR) is 46.8 cm³/mol. The van der Waals surface area contributed by atoms with Crippen LogP contribution in [0, 0.1) is 0 Å². The first-order chi connectivity index (χ1) is 5.38. The zero-order valence-corrected chi connectivity index (χ0v) is 7.17. The molecule has 2 nitrogen and oxygen atoms in total. The minimum absolute atomic E-state index is 0.213. The van der Waals surface area contributed by atoms with Crippen molar-refractivity contribution in [2.45, 2.75) is 6.04 Å². The van der Waals surface area contributed by atoms with Crippen LogP contribution in [0.15, 0.2) is 24.5 Å². The maximum atomic E-state index is 5.71. The lowest BCUT2D eigenvalue weighted by atomic mass is 10.1. The summed E-state index contributed by atoms with van der Waals surface area (Å²) in [7, 11) is 1.89. The molecule has 1 aromatic heterocycles. The first-order valence-corrected chi connectivity index (χ1v) is 4.05. The topological polar surface area (TPSA) is 24.9 Å². The third-order valence-corrected chi connectivity index (χ3v) is 1.90. The van der Waals surface area contributed by atoms with Crippen molar-refractivity contribution in [3.63, 3.8) is 0 Å². The van der Waals surface area contributed by atoms with Crippen LogP contribution in [0.4, 0.5) is 0 Å². The molecule has 1 rings (SSSR count). The smallest absolute Gasteiger partial charge is 0.0470 e. The highest BCUT2D eigenvalue weighted by Gasteiger charge is 2.05. The van der Waals surface area contributed by atoms with Crippen molar-refractivity contribution in [2.24, 2.45) is 0 Å². The Bertz CT molecular complexity index is 197. The Morgan fingerprint density at radius 2 is 2.55 bits per heavy atom. The van der Waals surface area contributed by atoms with Gasteiger partial charge in [-0.1, -0.05) is 6.07 Å². The molecule has 1 heterocycles. The normalized spacial score (nSPS) is 12.9. The van der Waals surface area contributed by atoms with Gasteiger partial charge in [-0.2, -0.15) is 0 Å². The maximum absolute atomic E-state index is 5.71. The van der Waals surface area contributed by atoms with Crippen LogP contribution in [0.3, 0.4) is 0 Å². The summed E-state index contributed by atoms with van der Waals surface area (Å²) in [5.74, 6) is 0.572. The van der Waals surface area contributed by atoms with Crippen molar-refractivity contribution in [1.82, 2.24) is 10.3 Å².